The number of aliphatic hydroxyl groups excluding tert-OH is 2. The molecule has 0 aromatic heterocycles. The van der Waals surface area contributed by atoms with Crippen molar-refractivity contribution in [3.05, 3.63) is 99.5 Å². The largest absolute Gasteiger partial charge is 0.394 e. The molecule has 0 bridgehead atoms. The van der Waals surface area contributed by atoms with Gasteiger partial charge in [0.2, 0.25) is 10.0 Å². The van der Waals surface area contributed by atoms with E-state index in [1.54, 1.807) is 18.2 Å². The molecule has 1 aliphatic rings. The van der Waals surface area contributed by atoms with Gasteiger partial charge in [-0.05, 0) is 53.6 Å². The molecule has 1 atom stereocenters. The van der Waals surface area contributed by atoms with Crippen LogP contribution < -0.4 is 9.62 Å². The van der Waals surface area contributed by atoms with Crippen molar-refractivity contribution in [2.75, 3.05) is 36.8 Å². The Labute approximate surface area is 232 Å². The van der Waals surface area contributed by atoms with Crippen LogP contribution in [0.5, 0.6) is 0 Å². The molecule has 202 valence electrons. The van der Waals surface area contributed by atoms with Crippen molar-refractivity contribution >= 4 is 44.8 Å². The van der Waals surface area contributed by atoms with Crippen LogP contribution in [0, 0.1) is 0 Å². The zero-order chi connectivity index (χ0) is 27.4. The van der Waals surface area contributed by atoms with Crippen molar-refractivity contribution in [3.8, 4) is 0 Å². The molecule has 3 N–H and O–H groups in total. The predicted molar refractivity (Wildman–Crippen MR) is 149 cm³/mol. The maximum atomic E-state index is 12.9. The van der Waals surface area contributed by atoms with E-state index in [1.807, 2.05) is 48.5 Å². The van der Waals surface area contributed by atoms with E-state index < -0.39 is 28.6 Å². The number of carbonyl (C=O) groups excluding carboxylic acids is 1. The summed E-state index contributed by atoms with van der Waals surface area (Å²) in [5.41, 5.74) is 2.66. The lowest BCUT2D eigenvalue weighted by Gasteiger charge is -2.48. The monoisotopic (exact) mass is 577 g/mol. The molecular formula is C27H29Cl2N3O5S. The minimum Gasteiger partial charge on any atom is -0.394 e. The maximum Gasteiger partial charge on any atom is 0.251 e. The van der Waals surface area contributed by atoms with E-state index in [-0.39, 0.29) is 24.2 Å². The first kappa shape index (κ1) is 28.4. The highest BCUT2D eigenvalue weighted by Crippen LogP contribution is 2.36. The molecule has 0 saturated carbocycles. The van der Waals surface area contributed by atoms with Crippen LogP contribution in [0.2, 0.25) is 10.0 Å². The molecule has 0 unspecified atom stereocenters. The Morgan fingerprint density at radius 3 is 2.08 bits per heavy atom. The van der Waals surface area contributed by atoms with E-state index in [4.69, 9.17) is 28.3 Å². The molecule has 3 aromatic carbocycles. The average molecular weight is 579 g/mol. The first-order valence-electron chi connectivity index (χ1n) is 12.0. The molecule has 1 heterocycles. The molecule has 1 saturated heterocycles. The molecular weight excluding hydrogens is 549 g/mol. The number of nitrogens with zero attached hydrogens (tertiary/aromatic N) is 2. The van der Waals surface area contributed by atoms with Crippen LogP contribution in [0.15, 0.2) is 72.8 Å². The lowest BCUT2D eigenvalue weighted by molar-refractivity contribution is 0.0802. The summed E-state index contributed by atoms with van der Waals surface area (Å²) in [5.74, 6) is -0.478. The van der Waals surface area contributed by atoms with Gasteiger partial charge in [0.15, 0.2) is 0 Å². The highest BCUT2D eigenvalue weighted by atomic mass is 35.5. The number of hydrogen-bond donors (Lipinski definition) is 3. The standard InChI is InChI=1S/C27H29Cl2N3O5S/c1-38(36,37)32(23-4-2-3-20(13-23)27(35)30-14-25(34)17-33)24-15-31(16-24)26(18-5-9-21(28)10-6-18)19-7-11-22(29)12-8-19/h2-13,24-26,33-34H,14-17H2,1H3,(H,30,35)/t25-/m0/s1. The van der Waals surface area contributed by atoms with Crippen LogP contribution in [0.4, 0.5) is 5.69 Å². The second-order valence-electron chi connectivity index (χ2n) is 9.27. The molecule has 1 aliphatic heterocycles. The fraction of sp³-hybridized carbons (Fsp3) is 0.296. The Bertz CT molecular complexity index is 1320. The van der Waals surface area contributed by atoms with E-state index >= 15 is 0 Å². The number of carbonyl (C=O) groups is 1. The van der Waals surface area contributed by atoms with Gasteiger partial charge in [0.1, 0.15) is 0 Å². The van der Waals surface area contributed by atoms with Crippen LogP contribution in [0.25, 0.3) is 0 Å². The number of hydrogen-bond acceptors (Lipinski definition) is 6. The van der Waals surface area contributed by atoms with Gasteiger partial charge < -0.3 is 15.5 Å². The minimum absolute atomic E-state index is 0.121. The Kier molecular flexibility index (Phi) is 8.97. The van der Waals surface area contributed by atoms with Gasteiger partial charge in [-0.2, -0.15) is 0 Å². The number of halogens is 2. The molecule has 0 spiro atoms. The third kappa shape index (κ3) is 6.66. The first-order valence-corrected chi connectivity index (χ1v) is 14.6. The maximum absolute atomic E-state index is 12.9. The number of nitrogens with one attached hydrogen (secondary N) is 1. The summed E-state index contributed by atoms with van der Waals surface area (Å²) >= 11 is 12.2. The van der Waals surface area contributed by atoms with Gasteiger partial charge in [0, 0.05) is 35.2 Å². The van der Waals surface area contributed by atoms with Crippen molar-refractivity contribution in [2.24, 2.45) is 0 Å². The molecule has 0 aliphatic carbocycles. The highest BCUT2D eigenvalue weighted by molar-refractivity contribution is 7.92. The van der Waals surface area contributed by atoms with Gasteiger partial charge in [0.05, 0.1) is 36.7 Å². The summed E-state index contributed by atoms with van der Waals surface area (Å²) in [6, 6.07) is 21.0. The molecule has 0 radical (unpaired) electrons. The van der Waals surface area contributed by atoms with E-state index in [9.17, 15) is 18.3 Å². The molecule has 1 fully saturated rings. The third-order valence-electron chi connectivity index (χ3n) is 6.39. The van der Waals surface area contributed by atoms with Gasteiger partial charge >= 0.3 is 0 Å². The number of anilines is 1. The smallest absolute Gasteiger partial charge is 0.251 e. The van der Waals surface area contributed by atoms with Crippen molar-refractivity contribution < 1.29 is 23.4 Å². The lowest BCUT2D eigenvalue weighted by atomic mass is 9.93. The van der Waals surface area contributed by atoms with E-state index in [1.165, 1.54) is 10.4 Å². The van der Waals surface area contributed by atoms with Crippen molar-refractivity contribution in [1.29, 1.82) is 0 Å². The number of sulfonamides is 1. The zero-order valence-corrected chi connectivity index (χ0v) is 23.0. The second-order valence-corrected chi connectivity index (χ2v) is 12.0. The highest BCUT2D eigenvalue weighted by Gasteiger charge is 2.40. The van der Waals surface area contributed by atoms with Gasteiger partial charge in [-0.15, -0.1) is 0 Å². The fourth-order valence-electron chi connectivity index (χ4n) is 4.59. The summed E-state index contributed by atoms with van der Waals surface area (Å²) in [5, 5.41) is 22.3. The second kappa shape index (κ2) is 12.0. The lowest BCUT2D eigenvalue weighted by Crippen LogP contribution is -2.61. The Hall–Kier alpha value is -2.66. The van der Waals surface area contributed by atoms with Crippen molar-refractivity contribution in [2.45, 2.75) is 18.2 Å². The summed E-state index contributed by atoms with van der Waals surface area (Å²) in [6.07, 6.45) is 0.0698. The molecule has 3 aromatic rings. The van der Waals surface area contributed by atoms with Crippen molar-refractivity contribution in [3.63, 3.8) is 0 Å². The minimum atomic E-state index is -3.67. The van der Waals surface area contributed by atoms with Gasteiger partial charge in [0.25, 0.3) is 5.91 Å². The SMILES string of the molecule is CS(=O)(=O)N(c1cccc(C(=O)NC[C@H](O)CO)c1)C1CN(C(c2ccc(Cl)cc2)c2ccc(Cl)cc2)C1. The summed E-state index contributed by atoms with van der Waals surface area (Å²) in [4.78, 5) is 14.7. The summed E-state index contributed by atoms with van der Waals surface area (Å²) in [7, 11) is -3.67. The predicted octanol–water partition coefficient (Wildman–Crippen LogP) is 3.32. The average Bonchev–Trinajstić information content (AvgIpc) is 2.87. The third-order valence-corrected chi connectivity index (χ3v) is 8.12. The van der Waals surface area contributed by atoms with E-state index in [0.29, 0.717) is 28.8 Å². The number of amides is 1. The topological polar surface area (TPSA) is 110 Å². The Balaban J connectivity index is 1.57. The van der Waals surface area contributed by atoms with Gasteiger partial charge in [-0.1, -0.05) is 53.5 Å². The zero-order valence-electron chi connectivity index (χ0n) is 20.7. The van der Waals surface area contributed by atoms with Crippen LogP contribution in [0.3, 0.4) is 0 Å². The summed E-state index contributed by atoms with van der Waals surface area (Å²) in [6.45, 7) is 0.321. The normalized spacial score (nSPS) is 15.2. The van der Waals surface area contributed by atoms with Crippen LogP contribution >= 0.6 is 23.2 Å². The van der Waals surface area contributed by atoms with Crippen LogP contribution in [-0.2, 0) is 10.0 Å². The number of likely N-dealkylation sites (tertiary alicyclic amines) is 1. The first-order chi connectivity index (χ1) is 18.1. The van der Waals surface area contributed by atoms with E-state index in [2.05, 4.69) is 10.2 Å². The number of benzene rings is 3. The number of aliphatic hydroxyl groups is 2. The molecule has 8 nitrogen and oxygen atoms in total. The molecule has 1 amide bonds. The van der Waals surface area contributed by atoms with Crippen molar-refractivity contribution in [1.82, 2.24) is 10.2 Å². The number of rotatable bonds is 10. The van der Waals surface area contributed by atoms with Crippen LogP contribution in [0.1, 0.15) is 27.5 Å². The Morgan fingerprint density at radius 1 is 1.03 bits per heavy atom. The quantitative estimate of drug-likeness (QED) is 0.341. The molecule has 11 heteroatoms. The van der Waals surface area contributed by atoms with Gasteiger partial charge in [-0.3, -0.25) is 14.0 Å². The molecule has 38 heavy (non-hydrogen) atoms. The fourth-order valence-corrected chi connectivity index (χ4v) is 6.01. The van der Waals surface area contributed by atoms with Gasteiger partial charge in [-0.25, -0.2) is 8.42 Å². The Morgan fingerprint density at radius 2 is 1.58 bits per heavy atom. The molecule has 4 rings (SSSR count). The van der Waals surface area contributed by atoms with E-state index in [0.717, 1.165) is 17.4 Å². The summed E-state index contributed by atoms with van der Waals surface area (Å²) < 4.78 is 27.2. The van der Waals surface area contributed by atoms with Crippen LogP contribution in [-0.4, -0.2) is 74.1 Å².